The average Bonchev–Trinajstić information content (AvgIpc) is 2.52. The second-order valence-corrected chi connectivity index (χ2v) is 4.97. The van der Waals surface area contributed by atoms with Gasteiger partial charge in [-0.05, 0) is 24.9 Å². The van der Waals surface area contributed by atoms with Crippen molar-refractivity contribution in [2.24, 2.45) is 5.73 Å². The summed E-state index contributed by atoms with van der Waals surface area (Å²) in [4.78, 5) is 23.8. The fourth-order valence-electron chi connectivity index (χ4n) is 2.28. The average molecular weight is 291 g/mol. The van der Waals surface area contributed by atoms with Crippen LogP contribution in [0.5, 0.6) is 0 Å². The zero-order chi connectivity index (χ0) is 15.1. The highest BCUT2D eigenvalue weighted by Crippen LogP contribution is 2.22. The summed E-state index contributed by atoms with van der Waals surface area (Å²) in [7, 11) is 0. The van der Waals surface area contributed by atoms with Crippen LogP contribution >= 0.6 is 0 Å². The van der Waals surface area contributed by atoms with Crippen molar-refractivity contribution in [3.8, 4) is 0 Å². The minimum Gasteiger partial charge on any atom is -0.356 e. The van der Waals surface area contributed by atoms with Crippen molar-refractivity contribution >= 4 is 11.8 Å². The van der Waals surface area contributed by atoms with E-state index in [2.05, 4.69) is 10.6 Å². The van der Waals surface area contributed by atoms with E-state index in [1.54, 1.807) is 0 Å². The fraction of sp³-hybridized carbons (Fsp3) is 0.467. The van der Waals surface area contributed by atoms with Crippen LogP contribution in [-0.2, 0) is 14.3 Å². The van der Waals surface area contributed by atoms with E-state index >= 15 is 0 Å². The van der Waals surface area contributed by atoms with E-state index in [4.69, 9.17) is 10.5 Å². The van der Waals surface area contributed by atoms with Gasteiger partial charge in [0.25, 0.3) is 5.91 Å². The monoisotopic (exact) mass is 291 g/mol. The minimum absolute atomic E-state index is 0.0930. The van der Waals surface area contributed by atoms with E-state index in [1.165, 1.54) is 0 Å². The van der Waals surface area contributed by atoms with Crippen molar-refractivity contribution in [3.63, 3.8) is 0 Å². The van der Waals surface area contributed by atoms with Gasteiger partial charge in [0.1, 0.15) is 6.61 Å². The Kier molecular flexibility index (Phi) is 5.71. The molecule has 1 aromatic rings. The lowest BCUT2D eigenvalue weighted by Gasteiger charge is -2.31. The molecule has 2 atom stereocenters. The van der Waals surface area contributed by atoms with Gasteiger partial charge in [-0.2, -0.15) is 0 Å². The van der Waals surface area contributed by atoms with Crippen LogP contribution < -0.4 is 16.4 Å². The van der Waals surface area contributed by atoms with Crippen molar-refractivity contribution in [2.75, 3.05) is 19.7 Å². The molecule has 0 aliphatic carbocycles. The summed E-state index contributed by atoms with van der Waals surface area (Å²) >= 11 is 0. The molecule has 1 heterocycles. The van der Waals surface area contributed by atoms with E-state index in [0.29, 0.717) is 13.1 Å². The van der Waals surface area contributed by atoms with Crippen molar-refractivity contribution in [2.45, 2.75) is 25.0 Å². The summed E-state index contributed by atoms with van der Waals surface area (Å²) in [5.41, 5.74) is 6.27. The third-order valence-corrected chi connectivity index (χ3v) is 3.36. The van der Waals surface area contributed by atoms with Crippen molar-refractivity contribution < 1.29 is 14.3 Å². The number of morpholine rings is 1. The van der Waals surface area contributed by atoms with Crippen LogP contribution in [0.2, 0.25) is 0 Å². The number of rotatable bonds is 6. The molecule has 21 heavy (non-hydrogen) atoms. The maximum atomic E-state index is 12.2. The second kappa shape index (κ2) is 7.75. The molecule has 0 bridgehead atoms. The first-order valence-electron chi connectivity index (χ1n) is 7.16. The molecule has 0 saturated carbocycles. The molecule has 1 fully saturated rings. The molecule has 2 rings (SSSR count). The van der Waals surface area contributed by atoms with Crippen LogP contribution in [0.4, 0.5) is 0 Å². The van der Waals surface area contributed by atoms with Gasteiger partial charge in [0.15, 0.2) is 6.10 Å². The predicted octanol–water partition coefficient (Wildman–Crippen LogP) is 0.0978. The van der Waals surface area contributed by atoms with Gasteiger partial charge in [-0.3, -0.25) is 9.59 Å². The summed E-state index contributed by atoms with van der Waals surface area (Å²) < 4.78 is 5.43. The van der Waals surface area contributed by atoms with Gasteiger partial charge >= 0.3 is 0 Å². The standard InChI is InChI=1S/C15H21N3O3/c16-8-4-5-9-17-15(20)14-13(18-12(19)10-21-14)11-6-2-1-3-7-11/h1-3,6-7,13-14H,4-5,8-10,16H2,(H,17,20)(H,18,19)/t13-,14+/m1/s1. The zero-order valence-corrected chi connectivity index (χ0v) is 11.9. The van der Waals surface area contributed by atoms with Gasteiger partial charge in [-0.15, -0.1) is 0 Å². The number of hydrogen-bond donors (Lipinski definition) is 3. The van der Waals surface area contributed by atoms with Crippen LogP contribution in [0.1, 0.15) is 24.4 Å². The van der Waals surface area contributed by atoms with Crippen molar-refractivity contribution in [3.05, 3.63) is 35.9 Å². The van der Waals surface area contributed by atoms with Gasteiger partial charge < -0.3 is 21.1 Å². The SMILES string of the molecule is NCCCCNC(=O)[C@H]1OCC(=O)N[C@@H]1c1ccccc1. The largest absolute Gasteiger partial charge is 0.356 e. The first kappa shape index (κ1) is 15.5. The lowest BCUT2D eigenvalue weighted by molar-refractivity contribution is -0.148. The molecular weight excluding hydrogens is 270 g/mol. The summed E-state index contributed by atoms with van der Waals surface area (Å²) in [6, 6.07) is 8.90. The number of unbranched alkanes of at least 4 members (excludes halogenated alkanes) is 1. The number of ether oxygens (including phenoxy) is 1. The molecule has 1 aliphatic rings. The van der Waals surface area contributed by atoms with Crippen molar-refractivity contribution in [1.82, 2.24) is 10.6 Å². The van der Waals surface area contributed by atoms with Gasteiger partial charge in [-0.1, -0.05) is 30.3 Å². The summed E-state index contributed by atoms with van der Waals surface area (Å²) in [5.74, 6) is -0.420. The number of nitrogens with one attached hydrogen (secondary N) is 2. The summed E-state index contributed by atoms with van der Waals surface area (Å²) in [5, 5.41) is 5.65. The molecule has 1 saturated heterocycles. The summed E-state index contributed by atoms with van der Waals surface area (Å²) in [6.45, 7) is 1.08. The molecule has 0 unspecified atom stereocenters. The number of nitrogens with two attached hydrogens (primary N) is 1. The molecular formula is C15H21N3O3. The Morgan fingerprint density at radius 3 is 2.81 bits per heavy atom. The quantitative estimate of drug-likeness (QED) is 0.648. The number of carbonyl (C=O) groups is 2. The van der Waals surface area contributed by atoms with Gasteiger partial charge in [-0.25, -0.2) is 0 Å². The minimum atomic E-state index is -0.706. The molecule has 1 aliphatic heterocycles. The second-order valence-electron chi connectivity index (χ2n) is 4.97. The Hall–Kier alpha value is -1.92. The van der Waals surface area contributed by atoms with E-state index < -0.39 is 12.1 Å². The third-order valence-electron chi connectivity index (χ3n) is 3.36. The highest BCUT2D eigenvalue weighted by atomic mass is 16.5. The Balaban J connectivity index is 2.01. The Morgan fingerprint density at radius 1 is 1.33 bits per heavy atom. The first-order valence-corrected chi connectivity index (χ1v) is 7.16. The normalized spacial score (nSPS) is 21.7. The molecule has 0 radical (unpaired) electrons. The third kappa shape index (κ3) is 4.27. The zero-order valence-electron chi connectivity index (χ0n) is 11.9. The number of benzene rings is 1. The first-order chi connectivity index (χ1) is 10.2. The molecule has 2 amide bonds. The molecule has 6 nitrogen and oxygen atoms in total. The van der Waals surface area contributed by atoms with Crippen molar-refractivity contribution in [1.29, 1.82) is 0 Å². The Morgan fingerprint density at radius 2 is 2.10 bits per heavy atom. The molecule has 114 valence electrons. The Bertz CT molecular complexity index is 478. The smallest absolute Gasteiger partial charge is 0.251 e. The lowest BCUT2D eigenvalue weighted by Crippen LogP contribution is -2.52. The van der Waals surface area contributed by atoms with Crippen LogP contribution in [-0.4, -0.2) is 37.6 Å². The van der Waals surface area contributed by atoms with Gasteiger partial charge in [0.05, 0.1) is 6.04 Å². The molecule has 0 aromatic heterocycles. The maximum Gasteiger partial charge on any atom is 0.251 e. The van der Waals surface area contributed by atoms with E-state index in [0.717, 1.165) is 18.4 Å². The van der Waals surface area contributed by atoms with Crippen LogP contribution in [0.15, 0.2) is 30.3 Å². The van der Waals surface area contributed by atoms with E-state index in [-0.39, 0.29) is 18.4 Å². The Labute approximate surface area is 124 Å². The van der Waals surface area contributed by atoms with Gasteiger partial charge in [0, 0.05) is 6.54 Å². The molecule has 0 spiro atoms. The number of amides is 2. The highest BCUT2D eigenvalue weighted by molar-refractivity contribution is 5.86. The lowest BCUT2D eigenvalue weighted by atomic mass is 9.99. The van der Waals surface area contributed by atoms with Gasteiger partial charge in [0.2, 0.25) is 5.91 Å². The van der Waals surface area contributed by atoms with Crippen LogP contribution in [0.25, 0.3) is 0 Å². The summed E-state index contributed by atoms with van der Waals surface area (Å²) in [6.07, 6.45) is 0.991. The van der Waals surface area contributed by atoms with E-state index in [1.807, 2.05) is 30.3 Å². The number of carbonyl (C=O) groups excluding carboxylic acids is 2. The number of hydrogen-bond acceptors (Lipinski definition) is 4. The fourth-order valence-corrected chi connectivity index (χ4v) is 2.28. The molecule has 6 heteroatoms. The van der Waals surface area contributed by atoms with E-state index in [9.17, 15) is 9.59 Å². The highest BCUT2D eigenvalue weighted by Gasteiger charge is 2.35. The predicted molar refractivity (Wildman–Crippen MR) is 78.4 cm³/mol. The topological polar surface area (TPSA) is 93.4 Å². The van der Waals surface area contributed by atoms with Crippen LogP contribution in [0.3, 0.4) is 0 Å². The molecule has 4 N–H and O–H groups in total. The maximum absolute atomic E-state index is 12.2. The molecule has 1 aromatic carbocycles. The van der Waals surface area contributed by atoms with Crippen LogP contribution in [0, 0.1) is 0 Å².